The van der Waals surface area contributed by atoms with Crippen LogP contribution in [0, 0.1) is 11.8 Å². The number of rotatable bonds is 4. The van der Waals surface area contributed by atoms with Gasteiger partial charge in [-0.15, -0.1) is 0 Å². The summed E-state index contributed by atoms with van der Waals surface area (Å²) in [5.41, 5.74) is 0. The molecule has 18 heavy (non-hydrogen) atoms. The van der Waals surface area contributed by atoms with Crippen molar-refractivity contribution in [2.24, 2.45) is 11.8 Å². The quantitative estimate of drug-likeness (QED) is 0.829. The van der Waals surface area contributed by atoms with E-state index in [1.54, 1.807) is 0 Å². The molecule has 0 aromatic heterocycles. The van der Waals surface area contributed by atoms with Crippen LogP contribution in [-0.4, -0.2) is 43.3 Å². The summed E-state index contributed by atoms with van der Waals surface area (Å²) in [6, 6.07) is 1.26. The molecule has 0 aromatic rings. The Morgan fingerprint density at radius 2 is 1.78 bits per heavy atom. The largest absolute Gasteiger partial charge is 0.311 e. The van der Waals surface area contributed by atoms with Gasteiger partial charge < -0.3 is 5.32 Å². The highest BCUT2D eigenvalue weighted by Gasteiger charge is 2.39. The normalized spacial score (nSPS) is 35.8. The Labute approximate surface area is 110 Å². The molecule has 0 radical (unpaired) electrons. The molecule has 2 aliphatic carbocycles. The Kier molecular flexibility index (Phi) is 4.20. The number of alkyl halides is 1. The molecule has 2 unspecified atom stereocenters. The Balaban J connectivity index is 1.60. The van der Waals surface area contributed by atoms with Gasteiger partial charge in [0.15, 0.2) is 0 Å². The van der Waals surface area contributed by atoms with Gasteiger partial charge in [0, 0.05) is 31.7 Å². The molecule has 1 saturated heterocycles. The fourth-order valence-corrected chi connectivity index (χ4v) is 4.02. The Hall–Kier alpha value is -0.150. The Morgan fingerprint density at radius 1 is 1.00 bits per heavy atom. The number of nitrogens with one attached hydrogen (secondary N) is 1. The van der Waals surface area contributed by atoms with Gasteiger partial charge in [-0.3, -0.25) is 4.90 Å². The molecule has 3 rings (SSSR count). The highest BCUT2D eigenvalue weighted by atomic mass is 19.1. The van der Waals surface area contributed by atoms with E-state index in [0.29, 0.717) is 18.6 Å². The summed E-state index contributed by atoms with van der Waals surface area (Å²) in [7, 11) is 0. The van der Waals surface area contributed by atoms with Crippen LogP contribution in [-0.2, 0) is 0 Å². The summed E-state index contributed by atoms with van der Waals surface area (Å²) >= 11 is 0. The first-order chi connectivity index (χ1) is 8.88. The van der Waals surface area contributed by atoms with Crippen molar-refractivity contribution in [3.63, 3.8) is 0 Å². The maximum Gasteiger partial charge on any atom is 0.102 e. The fraction of sp³-hybridized carbons (Fsp3) is 1.00. The van der Waals surface area contributed by atoms with E-state index in [2.05, 4.69) is 10.2 Å². The van der Waals surface area contributed by atoms with Crippen molar-refractivity contribution in [3.8, 4) is 0 Å². The lowest BCUT2D eigenvalue weighted by molar-refractivity contribution is 0.0621. The van der Waals surface area contributed by atoms with Gasteiger partial charge in [0.05, 0.1) is 0 Å². The van der Waals surface area contributed by atoms with E-state index < -0.39 is 0 Å². The lowest BCUT2D eigenvalue weighted by Crippen LogP contribution is -2.60. The summed E-state index contributed by atoms with van der Waals surface area (Å²) in [5.74, 6) is 1.71. The first-order valence-electron chi connectivity index (χ1n) is 7.92. The SMILES string of the molecule is FCCN1CC(C2CC2)NCC1C1CCCCC1. The van der Waals surface area contributed by atoms with Crippen LogP contribution in [0.5, 0.6) is 0 Å². The molecule has 1 heterocycles. The van der Waals surface area contributed by atoms with Crippen LogP contribution >= 0.6 is 0 Å². The predicted octanol–water partition coefficient (Wildman–Crippen LogP) is 2.59. The maximum atomic E-state index is 12.8. The molecule has 1 aliphatic heterocycles. The van der Waals surface area contributed by atoms with Gasteiger partial charge in [-0.25, -0.2) is 4.39 Å². The third-order valence-corrected chi connectivity index (χ3v) is 5.25. The summed E-state index contributed by atoms with van der Waals surface area (Å²) in [4.78, 5) is 2.47. The van der Waals surface area contributed by atoms with Crippen LogP contribution in [0.2, 0.25) is 0 Å². The van der Waals surface area contributed by atoms with Crippen molar-refractivity contribution in [2.75, 3.05) is 26.3 Å². The summed E-state index contributed by atoms with van der Waals surface area (Å²) in [5, 5.41) is 3.75. The maximum absolute atomic E-state index is 12.8. The Morgan fingerprint density at radius 3 is 2.44 bits per heavy atom. The van der Waals surface area contributed by atoms with Crippen molar-refractivity contribution in [1.82, 2.24) is 10.2 Å². The van der Waals surface area contributed by atoms with Crippen LogP contribution in [0.4, 0.5) is 4.39 Å². The Bertz CT molecular complexity index is 261. The van der Waals surface area contributed by atoms with Gasteiger partial charge in [-0.05, 0) is 37.5 Å². The highest BCUT2D eigenvalue weighted by Crippen LogP contribution is 2.36. The molecule has 0 spiro atoms. The minimum atomic E-state index is -0.180. The van der Waals surface area contributed by atoms with Gasteiger partial charge in [0.25, 0.3) is 0 Å². The van der Waals surface area contributed by atoms with Gasteiger partial charge in [-0.1, -0.05) is 19.3 Å². The molecule has 2 nitrogen and oxygen atoms in total. The highest BCUT2D eigenvalue weighted by molar-refractivity contribution is 4.96. The van der Waals surface area contributed by atoms with Gasteiger partial charge in [-0.2, -0.15) is 0 Å². The van der Waals surface area contributed by atoms with Gasteiger partial charge in [0.1, 0.15) is 6.67 Å². The van der Waals surface area contributed by atoms with Crippen LogP contribution in [0.25, 0.3) is 0 Å². The second kappa shape index (κ2) is 5.87. The van der Waals surface area contributed by atoms with Crippen molar-refractivity contribution < 1.29 is 4.39 Å². The molecule has 0 amide bonds. The average Bonchev–Trinajstić information content (AvgIpc) is 3.24. The topological polar surface area (TPSA) is 15.3 Å². The minimum absolute atomic E-state index is 0.180. The monoisotopic (exact) mass is 254 g/mol. The van der Waals surface area contributed by atoms with Crippen LogP contribution < -0.4 is 5.32 Å². The first-order valence-corrected chi connectivity index (χ1v) is 7.92. The molecule has 104 valence electrons. The molecular formula is C15H27FN2. The third kappa shape index (κ3) is 2.88. The zero-order chi connectivity index (χ0) is 12.4. The average molecular weight is 254 g/mol. The molecule has 2 saturated carbocycles. The molecule has 0 bridgehead atoms. The minimum Gasteiger partial charge on any atom is -0.311 e. The second-order valence-electron chi connectivity index (χ2n) is 6.50. The molecular weight excluding hydrogens is 227 g/mol. The van der Waals surface area contributed by atoms with Crippen molar-refractivity contribution in [1.29, 1.82) is 0 Å². The van der Waals surface area contributed by atoms with Crippen molar-refractivity contribution >= 4 is 0 Å². The lowest BCUT2D eigenvalue weighted by Gasteiger charge is -2.45. The number of nitrogens with zero attached hydrogens (tertiary/aromatic N) is 1. The van der Waals surface area contributed by atoms with Crippen molar-refractivity contribution in [2.45, 2.75) is 57.0 Å². The van der Waals surface area contributed by atoms with Crippen molar-refractivity contribution in [3.05, 3.63) is 0 Å². The second-order valence-corrected chi connectivity index (χ2v) is 6.50. The fourth-order valence-electron chi connectivity index (χ4n) is 4.02. The third-order valence-electron chi connectivity index (χ3n) is 5.25. The van der Waals surface area contributed by atoms with Gasteiger partial charge >= 0.3 is 0 Å². The standard InChI is InChI=1S/C15H27FN2/c16-8-9-18-11-14(12-6-7-12)17-10-15(18)13-4-2-1-3-5-13/h12-15,17H,1-11H2. The molecule has 3 heteroatoms. The van der Waals surface area contributed by atoms with E-state index in [9.17, 15) is 4.39 Å². The lowest BCUT2D eigenvalue weighted by atomic mass is 9.82. The van der Waals surface area contributed by atoms with E-state index in [4.69, 9.17) is 0 Å². The van der Waals surface area contributed by atoms with E-state index in [1.165, 1.54) is 44.9 Å². The summed E-state index contributed by atoms with van der Waals surface area (Å²) < 4.78 is 12.8. The van der Waals surface area contributed by atoms with E-state index >= 15 is 0 Å². The summed E-state index contributed by atoms with van der Waals surface area (Å²) in [6.45, 7) is 2.67. The van der Waals surface area contributed by atoms with E-state index in [-0.39, 0.29) is 6.67 Å². The first kappa shape index (κ1) is 12.9. The van der Waals surface area contributed by atoms with Gasteiger partial charge in [0.2, 0.25) is 0 Å². The van der Waals surface area contributed by atoms with Crippen LogP contribution in [0.15, 0.2) is 0 Å². The number of hydrogen-bond donors (Lipinski definition) is 1. The smallest absolute Gasteiger partial charge is 0.102 e. The van der Waals surface area contributed by atoms with Crippen LogP contribution in [0.3, 0.4) is 0 Å². The summed E-state index contributed by atoms with van der Waals surface area (Å²) in [6.07, 6.45) is 9.68. The molecule has 2 atom stereocenters. The number of piperazine rings is 1. The van der Waals surface area contributed by atoms with E-state index in [1.807, 2.05) is 0 Å². The molecule has 0 aromatic carbocycles. The molecule has 1 N–H and O–H groups in total. The number of halogens is 1. The predicted molar refractivity (Wildman–Crippen MR) is 72.4 cm³/mol. The number of hydrogen-bond acceptors (Lipinski definition) is 2. The molecule has 3 aliphatic rings. The van der Waals surface area contributed by atoms with E-state index in [0.717, 1.165) is 24.9 Å². The zero-order valence-corrected chi connectivity index (χ0v) is 11.4. The molecule has 3 fully saturated rings. The van der Waals surface area contributed by atoms with Crippen LogP contribution in [0.1, 0.15) is 44.9 Å². The zero-order valence-electron chi connectivity index (χ0n) is 11.4.